The topological polar surface area (TPSA) is 80.9 Å². The Balaban J connectivity index is 2.28. The van der Waals surface area contributed by atoms with Gasteiger partial charge in [-0.2, -0.15) is 0 Å². The zero-order valence-corrected chi connectivity index (χ0v) is 10.6. The molecule has 0 radical (unpaired) electrons. The second-order valence-electron chi connectivity index (χ2n) is 4.51. The summed E-state index contributed by atoms with van der Waals surface area (Å²) in [6.45, 7) is 1.91. The molecule has 0 aliphatic rings. The normalized spacial score (nSPS) is 12.3. The van der Waals surface area contributed by atoms with E-state index in [1.54, 1.807) is 6.92 Å². The fraction of sp³-hybridized carbons (Fsp3) is 0.333. The van der Waals surface area contributed by atoms with Gasteiger partial charge in [0.2, 0.25) is 0 Å². The van der Waals surface area contributed by atoms with Gasteiger partial charge in [0.1, 0.15) is 11.6 Å². The summed E-state index contributed by atoms with van der Waals surface area (Å²) < 4.78 is 28.1. The van der Waals surface area contributed by atoms with Gasteiger partial charge in [0.05, 0.1) is 5.56 Å². The summed E-state index contributed by atoms with van der Waals surface area (Å²) in [5.74, 6) is -2.36. The van der Waals surface area contributed by atoms with Gasteiger partial charge in [-0.15, -0.1) is 5.10 Å². The molecule has 0 saturated heterocycles. The molecule has 2 rings (SSSR count). The summed E-state index contributed by atoms with van der Waals surface area (Å²) in [4.78, 5) is 10.6. The zero-order valence-electron chi connectivity index (χ0n) is 10.6. The highest BCUT2D eigenvalue weighted by Gasteiger charge is 2.17. The fourth-order valence-corrected chi connectivity index (χ4v) is 1.85. The van der Waals surface area contributed by atoms with E-state index in [-0.39, 0.29) is 30.3 Å². The molecule has 0 aliphatic carbocycles. The number of carboxylic acids is 1. The van der Waals surface area contributed by atoms with Gasteiger partial charge in [-0.1, -0.05) is 6.92 Å². The Morgan fingerprint density at radius 1 is 1.45 bits per heavy atom. The van der Waals surface area contributed by atoms with E-state index in [1.807, 2.05) is 0 Å². The summed E-state index contributed by atoms with van der Waals surface area (Å²) in [5, 5.41) is 19.5. The van der Waals surface area contributed by atoms with Crippen LogP contribution in [-0.4, -0.2) is 31.3 Å². The fourth-order valence-electron chi connectivity index (χ4n) is 1.85. The van der Waals surface area contributed by atoms with E-state index in [1.165, 1.54) is 4.68 Å². The van der Waals surface area contributed by atoms with Crippen molar-refractivity contribution in [1.82, 2.24) is 20.2 Å². The number of tetrazole rings is 1. The third kappa shape index (κ3) is 3.14. The van der Waals surface area contributed by atoms with Crippen molar-refractivity contribution in [3.63, 3.8) is 0 Å². The number of hydrogen-bond donors (Lipinski definition) is 1. The second kappa shape index (κ2) is 5.72. The molecule has 2 aromatic rings. The Bertz CT molecular complexity index is 630. The van der Waals surface area contributed by atoms with Crippen molar-refractivity contribution in [3.8, 4) is 11.4 Å². The third-order valence-corrected chi connectivity index (χ3v) is 2.71. The SMILES string of the molecule is CC(CC(=O)O)Cn1nnnc1-c1cc(F)ccc1F. The van der Waals surface area contributed by atoms with Crippen molar-refractivity contribution in [1.29, 1.82) is 0 Å². The van der Waals surface area contributed by atoms with Crippen molar-refractivity contribution < 1.29 is 18.7 Å². The highest BCUT2D eigenvalue weighted by Crippen LogP contribution is 2.21. The van der Waals surface area contributed by atoms with Crippen molar-refractivity contribution in [3.05, 3.63) is 29.8 Å². The average Bonchev–Trinajstić information content (AvgIpc) is 2.79. The minimum atomic E-state index is -0.941. The number of aromatic nitrogens is 4. The Kier molecular flexibility index (Phi) is 4.02. The summed E-state index contributed by atoms with van der Waals surface area (Å²) >= 11 is 0. The van der Waals surface area contributed by atoms with Gasteiger partial charge in [0, 0.05) is 13.0 Å². The first-order chi connectivity index (χ1) is 9.47. The Hall–Kier alpha value is -2.38. The van der Waals surface area contributed by atoms with Gasteiger partial charge in [-0.25, -0.2) is 13.5 Å². The molecule has 0 saturated carbocycles. The lowest BCUT2D eigenvalue weighted by Crippen LogP contribution is -2.14. The number of nitrogens with zero attached hydrogens (tertiary/aromatic N) is 4. The predicted octanol–water partition coefficient (Wildman–Crippen LogP) is 1.73. The van der Waals surface area contributed by atoms with Crippen LogP contribution >= 0.6 is 0 Å². The van der Waals surface area contributed by atoms with Crippen molar-refractivity contribution >= 4 is 5.97 Å². The van der Waals surface area contributed by atoms with Gasteiger partial charge in [0.15, 0.2) is 5.82 Å². The van der Waals surface area contributed by atoms with Crippen molar-refractivity contribution in [2.24, 2.45) is 5.92 Å². The molecule has 0 bridgehead atoms. The van der Waals surface area contributed by atoms with E-state index in [4.69, 9.17) is 5.11 Å². The smallest absolute Gasteiger partial charge is 0.303 e. The van der Waals surface area contributed by atoms with Gasteiger partial charge in [-0.05, 0) is 34.5 Å². The quantitative estimate of drug-likeness (QED) is 0.903. The molecule has 1 heterocycles. The molecular weight excluding hydrogens is 270 g/mol. The van der Waals surface area contributed by atoms with Gasteiger partial charge >= 0.3 is 5.97 Å². The van der Waals surface area contributed by atoms with E-state index in [9.17, 15) is 13.6 Å². The molecule has 0 amide bonds. The van der Waals surface area contributed by atoms with Crippen LogP contribution in [0.4, 0.5) is 8.78 Å². The van der Waals surface area contributed by atoms with Crippen LogP contribution in [0.5, 0.6) is 0 Å². The van der Waals surface area contributed by atoms with E-state index >= 15 is 0 Å². The first-order valence-electron chi connectivity index (χ1n) is 5.90. The predicted molar refractivity (Wildman–Crippen MR) is 64.6 cm³/mol. The minimum Gasteiger partial charge on any atom is -0.481 e. The third-order valence-electron chi connectivity index (χ3n) is 2.71. The maximum Gasteiger partial charge on any atom is 0.303 e. The van der Waals surface area contributed by atoms with Gasteiger partial charge < -0.3 is 5.11 Å². The molecule has 0 aliphatic heterocycles. The van der Waals surface area contributed by atoms with Crippen LogP contribution in [0, 0.1) is 17.6 Å². The maximum atomic E-state index is 13.7. The highest BCUT2D eigenvalue weighted by molar-refractivity contribution is 5.66. The van der Waals surface area contributed by atoms with Crippen LogP contribution in [0.25, 0.3) is 11.4 Å². The molecule has 1 aromatic heterocycles. The zero-order chi connectivity index (χ0) is 14.7. The molecule has 1 N–H and O–H groups in total. The molecule has 1 unspecified atom stereocenters. The lowest BCUT2D eigenvalue weighted by atomic mass is 10.1. The molecule has 106 valence electrons. The van der Waals surface area contributed by atoms with Crippen LogP contribution in [0.1, 0.15) is 13.3 Å². The Labute approximate surface area is 113 Å². The molecule has 20 heavy (non-hydrogen) atoms. The van der Waals surface area contributed by atoms with Crippen LogP contribution in [0.15, 0.2) is 18.2 Å². The standard InChI is InChI=1S/C12H12F2N4O2/c1-7(4-11(19)20)6-18-12(15-16-17-18)9-5-8(13)2-3-10(9)14/h2-3,5,7H,4,6H2,1H3,(H,19,20). The lowest BCUT2D eigenvalue weighted by Gasteiger charge is -2.10. The van der Waals surface area contributed by atoms with Crippen molar-refractivity contribution in [2.75, 3.05) is 0 Å². The Morgan fingerprint density at radius 2 is 2.20 bits per heavy atom. The molecule has 1 atom stereocenters. The Morgan fingerprint density at radius 3 is 2.90 bits per heavy atom. The largest absolute Gasteiger partial charge is 0.481 e. The second-order valence-corrected chi connectivity index (χ2v) is 4.51. The monoisotopic (exact) mass is 282 g/mol. The summed E-state index contributed by atoms with van der Waals surface area (Å²) in [6.07, 6.45) is -0.0646. The lowest BCUT2D eigenvalue weighted by molar-refractivity contribution is -0.138. The molecular formula is C12H12F2N4O2. The number of carbonyl (C=O) groups is 1. The van der Waals surface area contributed by atoms with Crippen molar-refractivity contribution in [2.45, 2.75) is 19.9 Å². The minimum absolute atomic E-state index is 0.0578. The molecule has 1 aromatic carbocycles. The summed E-state index contributed by atoms with van der Waals surface area (Å²) in [7, 11) is 0. The molecule has 6 nitrogen and oxygen atoms in total. The molecule has 0 spiro atoms. The van der Waals surface area contributed by atoms with Gasteiger partial charge in [0.25, 0.3) is 0 Å². The first-order valence-corrected chi connectivity index (χ1v) is 5.90. The number of aliphatic carboxylic acids is 1. The van der Waals surface area contributed by atoms with Gasteiger partial charge in [-0.3, -0.25) is 4.79 Å². The van der Waals surface area contributed by atoms with E-state index in [2.05, 4.69) is 15.5 Å². The van der Waals surface area contributed by atoms with Crippen LogP contribution in [0.3, 0.4) is 0 Å². The molecule has 0 fully saturated rings. The van der Waals surface area contributed by atoms with Crippen LogP contribution < -0.4 is 0 Å². The van der Waals surface area contributed by atoms with Crippen LogP contribution in [-0.2, 0) is 11.3 Å². The average molecular weight is 282 g/mol. The number of benzene rings is 1. The molecule has 8 heteroatoms. The number of hydrogen-bond acceptors (Lipinski definition) is 4. The van der Waals surface area contributed by atoms with E-state index < -0.39 is 17.6 Å². The number of carboxylic acid groups (broad SMARTS) is 1. The highest BCUT2D eigenvalue weighted by atomic mass is 19.1. The maximum absolute atomic E-state index is 13.7. The van der Waals surface area contributed by atoms with Crippen LogP contribution in [0.2, 0.25) is 0 Å². The van der Waals surface area contributed by atoms with E-state index in [0.717, 1.165) is 18.2 Å². The summed E-state index contributed by atoms with van der Waals surface area (Å²) in [5.41, 5.74) is -0.0578. The van der Waals surface area contributed by atoms with E-state index in [0.29, 0.717) is 0 Å². The summed E-state index contributed by atoms with van der Waals surface area (Å²) in [6, 6.07) is 2.99. The number of rotatable bonds is 5. The first kappa shape index (κ1) is 14.0. The number of halogens is 2.